The van der Waals surface area contributed by atoms with E-state index in [0.717, 1.165) is 12.0 Å². The van der Waals surface area contributed by atoms with Crippen molar-refractivity contribution in [3.8, 4) is 0 Å². The molecule has 1 heterocycles. The molecule has 2 rings (SSSR count). The number of likely N-dealkylation sites (tertiary alicyclic amines) is 1. The molecule has 6 heteroatoms. The molecule has 0 saturated carbocycles. The molecule has 1 aliphatic heterocycles. The minimum atomic E-state index is -0.363. The van der Waals surface area contributed by atoms with Crippen LogP contribution in [0.5, 0.6) is 0 Å². The Balaban J connectivity index is 2.11. The smallest absolute Gasteiger partial charge is 0.242 e. The van der Waals surface area contributed by atoms with Gasteiger partial charge in [0, 0.05) is 6.54 Å². The van der Waals surface area contributed by atoms with Gasteiger partial charge < -0.3 is 16.0 Å². The lowest BCUT2D eigenvalue weighted by Crippen LogP contribution is -2.42. The van der Waals surface area contributed by atoms with Crippen molar-refractivity contribution in [2.45, 2.75) is 19.4 Å². The van der Waals surface area contributed by atoms with E-state index in [0.29, 0.717) is 6.54 Å². The van der Waals surface area contributed by atoms with Crippen LogP contribution in [0, 0.1) is 11.7 Å². The summed E-state index contributed by atoms with van der Waals surface area (Å²) in [6.45, 7) is 2.44. The van der Waals surface area contributed by atoms with Gasteiger partial charge in [0.15, 0.2) is 0 Å². The van der Waals surface area contributed by atoms with E-state index >= 15 is 0 Å². The van der Waals surface area contributed by atoms with E-state index in [1.165, 1.54) is 12.1 Å². The lowest BCUT2D eigenvalue weighted by Gasteiger charge is -2.27. The maximum absolute atomic E-state index is 13.4. The van der Waals surface area contributed by atoms with Crippen LogP contribution in [0.15, 0.2) is 24.3 Å². The van der Waals surface area contributed by atoms with Gasteiger partial charge >= 0.3 is 0 Å². The second-order valence-corrected chi connectivity index (χ2v) is 5.33. The van der Waals surface area contributed by atoms with Crippen LogP contribution in [-0.2, 0) is 9.59 Å². The summed E-state index contributed by atoms with van der Waals surface area (Å²) < 4.78 is 13.4. The van der Waals surface area contributed by atoms with Gasteiger partial charge in [-0.3, -0.25) is 9.59 Å². The minimum absolute atomic E-state index is 0.0748. The number of rotatable bonds is 4. The van der Waals surface area contributed by atoms with Gasteiger partial charge in [0.1, 0.15) is 5.82 Å². The molecule has 2 amide bonds. The van der Waals surface area contributed by atoms with E-state index in [-0.39, 0.29) is 42.7 Å². The van der Waals surface area contributed by atoms with E-state index in [2.05, 4.69) is 5.32 Å². The molecular weight excluding hydrogens is 273 g/mol. The van der Waals surface area contributed by atoms with Gasteiger partial charge in [-0.25, -0.2) is 4.39 Å². The highest BCUT2D eigenvalue weighted by Gasteiger charge is 2.35. The Morgan fingerprint density at radius 2 is 2.24 bits per heavy atom. The topological polar surface area (TPSA) is 75.4 Å². The van der Waals surface area contributed by atoms with Crippen molar-refractivity contribution in [3.05, 3.63) is 35.6 Å². The van der Waals surface area contributed by atoms with Gasteiger partial charge in [-0.1, -0.05) is 19.1 Å². The summed E-state index contributed by atoms with van der Waals surface area (Å²) >= 11 is 0. The molecule has 1 aliphatic rings. The predicted molar refractivity (Wildman–Crippen MR) is 76.7 cm³/mol. The zero-order valence-electron chi connectivity index (χ0n) is 12.0. The first-order valence-electron chi connectivity index (χ1n) is 7.04. The van der Waals surface area contributed by atoms with Gasteiger partial charge in [-0.05, 0) is 30.0 Å². The van der Waals surface area contributed by atoms with E-state index < -0.39 is 0 Å². The molecule has 0 bridgehead atoms. The molecule has 0 aliphatic carbocycles. The summed E-state index contributed by atoms with van der Waals surface area (Å²) in [5.74, 6) is -0.593. The molecule has 1 fully saturated rings. The fourth-order valence-electron chi connectivity index (χ4n) is 2.77. The maximum Gasteiger partial charge on any atom is 0.242 e. The zero-order valence-corrected chi connectivity index (χ0v) is 12.0. The van der Waals surface area contributed by atoms with Gasteiger partial charge in [0.25, 0.3) is 0 Å². The normalized spacial score (nSPS) is 21.4. The second-order valence-electron chi connectivity index (χ2n) is 5.33. The molecule has 2 atom stereocenters. The fraction of sp³-hybridized carbons (Fsp3) is 0.467. The molecule has 0 spiro atoms. The number of amides is 2. The Labute approximate surface area is 123 Å². The van der Waals surface area contributed by atoms with Crippen LogP contribution in [0.25, 0.3) is 0 Å². The second kappa shape index (κ2) is 6.67. The Kier molecular flexibility index (Phi) is 4.90. The number of nitrogens with two attached hydrogens (primary N) is 1. The van der Waals surface area contributed by atoms with Gasteiger partial charge in [0.2, 0.25) is 11.8 Å². The van der Waals surface area contributed by atoms with Crippen molar-refractivity contribution in [2.24, 2.45) is 11.7 Å². The summed E-state index contributed by atoms with van der Waals surface area (Å²) in [7, 11) is 0. The van der Waals surface area contributed by atoms with Crippen molar-refractivity contribution in [3.63, 3.8) is 0 Å². The highest BCUT2D eigenvalue weighted by Crippen LogP contribution is 2.36. The molecule has 3 N–H and O–H groups in total. The maximum atomic E-state index is 13.4. The zero-order chi connectivity index (χ0) is 15.4. The number of carbonyl (C=O) groups is 2. The molecule has 2 unspecified atom stereocenters. The molecule has 0 aromatic heterocycles. The number of carbonyl (C=O) groups excluding carboxylic acids is 2. The van der Waals surface area contributed by atoms with Gasteiger partial charge in [0.05, 0.1) is 19.1 Å². The lowest BCUT2D eigenvalue weighted by molar-refractivity contribution is -0.133. The highest BCUT2D eigenvalue weighted by atomic mass is 19.1. The molecule has 1 aromatic rings. The van der Waals surface area contributed by atoms with Crippen LogP contribution in [0.1, 0.15) is 24.9 Å². The number of hydrogen-bond acceptors (Lipinski definition) is 3. The van der Waals surface area contributed by atoms with Crippen molar-refractivity contribution in [1.29, 1.82) is 0 Å². The van der Waals surface area contributed by atoms with Crippen molar-refractivity contribution in [1.82, 2.24) is 10.2 Å². The third kappa shape index (κ3) is 3.58. The average Bonchev–Trinajstić information content (AvgIpc) is 2.86. The standard InChI is InChI=1S/C15H20FN3O2/c1-10-5-6-19(14(21)9-18-13(20)8-17)15(10)11-3-2-4-12(16)7-11/h2-4,7,10,15H,5-6,8-9,17H2,1H3,(H,18,20). The minimum Gasteiger partial charge on any atom is -0.346 e. The molecule has 21 heavy (non-hydrogen) atoms. The van der Waals surface area contributed by atoms with Crippen molar-refractivity contribution in [2.75, 3.05) is 19.6 Å². The summed E-state index contributed by atoms with van der Waals surface area (Å²) in [5.41, 5.74) is 5.98. The first-order valence-corrected chi connectivity index (χ1v) is 7.04. The first-order chi connectivity index (χ1) is 10.0. The number of hydrogen-bond donors (Lipinski definition) is 2. The Morgan fingerprint density at radius 1 is 1.48 bits per heavy atom. The van der Waals surface area contributed by atoms with Crippen LogP contribution in [0.4, 0.5) is 4.39 Å². The third-order valence-electron chi connectivity index (χ3n) is 3.83. The number of nitrogens with one attached hydrogen (secondary N) is 1. The van der Waals surface area contributed by atoms with E-state index in [9.17, 15) is 14.0 Å². The molecule has 1 aromatic carbocycles. The van der Waals surface area contributed by atoms with Gasteiger partial charge in [-0.15, -0.1) is 0 Å². The monoisotopic (exact) mass is 293 g/mol. The van der Waals surface area contributed by atoms with E-state index in [1.54, 1.807) is 11.0 Å². The Morgan fingerprint density at radius 3 is 2.90 bits per heavy atom. The van der Waals surface area contributed by atoms with Crippen LogP contribution >= 0.6 is 0 Å². The predicted octanol–water partition coefficient (Wildman–Crippen LogP) is 0.810. The molecule has 1 saturated heterocycles. The van der Waals surface area contributed by atoms with Crippen molar-refractivity contribution >= 4 is 11.8 Å². The largest absolute Gasteiger partial charge is 0.346 e. The fourth-order valence-corrected chi connectivity index (χ4v) is 2.77. The highest BCUT2D eigenvalue weighted by molar-refractivity contribution is 5.85. The molecular formula is C15H20FN3O2. The van der Waals surface area contributed by atoms with E-state index in [1.807, 2.05) is 13.0 Å². The Bertz CT molecular complexity index is 535. The third-order valence-corrected chi connectivity index (χ3v) is 3.83. The van der Waals surface area contributed by atoms with Crippen LogP contribution in [-0.4, -0.2) is 36.3 Å². The summed E-state index contributed by atoms with van der Waals surface area (Å²) in [4.78, 5) is 25.1. The summed E-state index contributed by atoms with van der Waals surface area (Å²) in [6.07, 6.45) is 0.859. The molecule has 0 radical (unpaired) electrons. The molecule has 114 valence electrons. The van der Waals surface area contributed by atoms with Crippen molar-refractivity contribution < 1.29 is 14.0 Å². The quantitative estimate of drug-likeness (QED) is 0.862. The number of nitrogens with zero attached hydrogens (tertiary/aromatic N) is 1. The number of benzene rings is 1. The molecule has 5 nitrogen and oxygen atoms in total. The SMILES string of the molecule is CC1CCN(C(=O)CNC(=O)CN)C1c1cccc(F)c1. The van der Waals surface area contributed by atoms with E-state index in [4.69, 9.17) is 5.73 Å². The number of halogens is 1. The lowest BCUT2D eigenvalue weighted by atomic mass is 9.95. The Hall–Kier alpha value is -1.95. The van der Waals surface area contributed by atoms with Crippen LogP contribution in [0.3, 0.4) is 0 Å². The van der Waals surface area contributed by atoms with Gasteiger partial charge in [-0.2, -0.15) is 0 Å². The van der Waals surface area contributed by atoms with Crippen LogP contribution < -0.4 is 11.1 Å². The first kappa shape index (κ1) is 15.4. The van der Waals surface area contributed by atoms with Crippen LogP contribution in [0.2, 0.25) is 0 Å². The summed E-state index contributed by atoms with van der Waals surface area (Å²) in [6, 6.07) is 6.17. The average molecular weight is 293 g/mol. The summed E-state index contributed by atoms with van der Waals surface area (Å²) in [5, 5.41) is 2.48.